The van der Waals surface area contributed by atoms with Crippen LogP contribution in [0, 0.1) is 5.92 Å². The van der Waals surface area contributed by atoms with Crippen LogP contribution in [0.15, 0.2) is 42.6 Å². The number of nitrogens with zero attached hydrogens (tertiary/aromatic N) is 3. The second-order valence-electron chi connectivity index (χ2n) is 7.65. The minimum atomic E-state index is 0.0250. The molecule has 0 radical (unpaired) electrons. The van der Waals surface area contributed by atoms with Gasteiger partial charge in [-0.05, 0) is 43.0 Å². The summed E-state index contributed by atoms with van der Waals surface area (Å²) in [6.07, 6.45) is 3.84. The summed E-state index contributed by atoms with van der Waals surface area (Å²) in [5.41, 5.74) is 3.56. The molecule has 6 nitrogen and oxygen atoms in total. The van der Waals surface area contributed by atoms with E-state index in [1.165, 1.54) is 0 Å². The second kappa shape index (κ2) is 8.61. The second-order valence-corrected chi connectivity index (χ2v) is 7.65. The number of pyridine rings is 1. The first-order chi connectivity index (χ1) is 13.7. The number of para-hydroxylation sites is 2. The third-order valence-corrected chi connectivity index (χ3v) is 5.58. The summed E-state index contributed by atoms with van der Waals surface area (Å²) in [5.74, 6) is 0.721. The van der Waals surface area contributed by atoms with Gasteiger partial charge in [0.15, 0.2) is 0 Å². The van der Waals surface area contributed by atoms with E-state index in [1.807, 2.05) is 23.1 Å². The number of piperidine rings is 1. The largest absolute Gasteiger partial charge is 0.378 e. The smallest absolute Gasteiger partial charge is 0.272 e. The number of amides is 1. The summed E-state index contributed by atoms with van der Waals surface area (Å²) in [5, 5.41) is 3.48. The van der Waals surface area contributed by atoms with Crippen molar-refractivity contribution in [2.45, 2.75) is 19.8 Å². The van der Waals surface area contributed by atoms with Gasteiger partial charge in [-0.25, -0.2) is 0 Å². The van der Waals surface area contributed by atoms with Crippen LogP contribution in [0.5, 0.6) is 0 Å². The van der Waals surface area contributed by atoms with Gasteiger partial charge in [0.05, 0.1) is 24.6 Å². The molecule has 6 heteroatoms. The maximum absolute atomic E-state index is 12.8. The molecule has 1 aromatic carbocycles. The number of carbonyl (C=O) groups is 1. The van der Waals surface area contributed by atoms with Crippen molar-refractivity contribution in [1.29, 1.82) is 0 Å². The normalized spacial score (nSPS) is 18.2. The van der Waals surface area contributed by atoms with E-state index < -0.39 is 0 Å². The Morgan fingerprint density at radius 2 is 1.86 bits per heavy atom. The number of hydrogen-bond donors (Lipinski definition) is 1. The van der Waals surface area contributed by atoms with Gasteiger partial charge in [0.1, 0.15) is 5.69 Å². The van der Waals surface area contributed by atoms with Gasteiger partial charge in [-0.3, -0.25) is 9.78 Å². The number of nitrogens with one attached hydrogen (secondary N) is 1. The van der Waals surface area contributed by atoms with Crippen molar-refractivity contribution in [2.75, 3.05) is 49.6 Å². The molecule has 2 aromatic rings. The standard InChI is InChI=1S/C22H28N4O2/c1-17-7-10-26(11-8-17)22(27)20-16-18(6-9-23-20)24-19-4-2-3-5-21(19)25-12-14-28-15-13-25/h2-6,9,16-17H,7-8,10-15H2,1H3,(H,23,24). The van der Waals surface area contributed by atoms with Crippen molar-refractivity contribution < 1.29 is 9.53 Å². The third-order valence-electron chi connectivity index (χ3n) is 5.58. The maximum Gasteiger partial charge on any atom is 0.272 e. The summed E-state index contributed by atoms with van der Waals surface area (Å²) in [6, 6.07) is 12.0. The van der Waals surface area contributed by atoms with E-state index in [9.17, 15) is 4.79 Å². The maximum atomic E-state index is 12.8. The Hall–Kier alpha value is -2.60. The molecule has 0 spiro atoms. The fourth-order valence-corrected chi connectivity index (χ4v) is 3.81. The highest BCUT2D eigenvalue weighted by molar-refractivity contribution is 5.93. The predicted molar refractivity (Wildman–Crippen MR) is 111 cm³/mol. The quantitative estimate of drug-likeness (QED) is 0.879. The molecule has 148 valence electrons. The van der Waals surface area contributed by atoms with Crippen LogP contribution in [-0.4, -0.2) is 55.2 Å². The highest BCUT2D eigenvalue weighted by atomic mass is 16.5. The molecule has 28 heavy (non-hydrogen) atoms. The lowest BCUT2D eigenvalue weighted by Gasteiger charge is -2.31. The number of anilines is 3. The highest BCUT2D eigenvalue weighted by Gasteiger charge is 2.22. The average Bonchev–Trinajstić information content (AvgIpc) is 2.75. The molecule has 2 saturated heterocycles. The molecule has 0 aliphatic carbocycles. The van der Waals surface area contributed by atoms with Crippen molar-refractivity contribution in [3.8, 4) is 0 Å². The number of benzene rings is 1. The lowest BCUT2D eigenvalue weighted by molar-refractivity contribution is 0.0691. The molecule has 2 aliphatic rings. The van der Waals surface area contributed by atoms with E-state index >= 15 is 0 Å². The van der Waals surface area contributed by atoms with E-state index in [1.54, 1.807) is 6.20 Å². The molecular formula is C22H28N4O2. The van der Waals surface area contributed by atoms with Gasteiger partial charge in [0, 0.05) is 38.1 Å². The molecular weight excluding hydrogens is 352 g/mol. The van der Waals surface area contributed by atoms with E-state index in [0.717, 1.165) is 69.3 Å². The summed E-state index contributed by atoms with van der Waals surface area (Å²) in [7, 11) is 0. The van der Waals surface area contributed by atoms with Crippen molar-refractivity contribution in [3.63, 3.8) is 0 Å². The first-order valence-electron chi connectivity index (χ1n) is 10.1. The topological polar surface area (TPSA) is 57.7 Å². The van der Waals surface area contributed by atoms with Gasteiger partial charge < -0.3 is 19.9 Å². The Bertz CT molecular complexity index is 812. The lowest BCUT2D eigenvalue weighted by atomic mass is 9.99. The molecule has 1 amide bonds. The van der Waals surface area contributed by atoms with Gasteiger partial charge in [-0.15, -0.1) is 0 Å². The fraction of sp³-hybridized carbons (Fsp3) is 0.455. The molecule has 2 aliphatic heterocycles. The van der Waals surface area contributed by atoms with E-state index in [0.29, 0.717) is 11.6 Å². The SMILES string of the molecule is CC1CCN(C(=O)c2cc(Nc3ccccc3N3CCOCC3)ccn2)CC1. The molecule has 4 rings (SSSR count). The Kier molecular flexibility index (Phi) is 5.76. The first-order valence-corrected chi connectivity index (χ1v) is 10.1. The molecule has 1 N–H and O–H groups in total. The summed E-state index contributed by atoms with van der Waals surface area (Å²) < 4.78 is 5.47. The lowest BCUT2D eigenvalue weighted by Crippen LogP contribution is -2.38. The van der Waals surface area contributed by atoms with Crippen LogP contribution in [0.3, 0.4) is 0 Å². The molecule has 2 fully saturated rings. The third kappa shape index (κ3) is 4.28. The number of ether oxygens (including phenoxy) is 1. The van der Waals surface area contributed by atoms with Crippen LogP contribution < -0.4 is 10.2 Å². The number of morpholine rings is 1. The van der Waals surface area contributed by atoms with Gasteiger partial charge in [0.2, 0.25) is 0 Å². The summed E-state index contributed by atoms with van der Waals surface area (Å²) in [6.45, 7) is 7.14. The number of likely N-dealkylation sites (tertiary alicyclic amines) is 1. The van der Waals surface area contributed by atoms with Gasteiger partial charge in [-0.1, -0.05) is 19.1 Å². The van der Waals surface area contributed by atoms with Crippen molar-refractivity contribution in [3.05, 3.63) is 48.3 Å². The molecule has 0 saturated carbocycles. The fourth-order valence-electron chi connectivity index (χ4n) is 3.81. The van der Waals surface area contributed by atoms with E-state index in [2.05, 4.69) is 40.3 Å². The zero-order chi connectivity index (χ0) is 19.3. The first kappa shape index (κ1) is 18.7. The van der Waals surface area contributed by atoms with Crippen molar-refractivity contribution >= 4 is 23.0 Å². The number of hydrogen-bond acceptors (Lipinski definition) is 5. The molecule has 3 heterocycles. The van der Waals surface area contributed by atoms with E-state index in [-0.39, 0.29) is 5.91 Å². The van der Waals surface area contributed by atoms with Crippen LogP contribution >= 0.6 is 0 Å². The monoisotopic (exact) mass is 380 g/mol. The summed E-state index contributed by atoms with van der Waals surface area (Å²) >= 11 is 0. The Balaban J connectivity index is 1.50. The molecule has 0 bridgehead atoms. The average molecular weight is 380 g/mol. The number of rotatable bonds is 4. The Labute approximate surface area is 166 Å². The zero-order valence-electron chi connectivity index (χ0n) is 16.4. The summed E-state index contributed by atoms with van der Waals surface area (Å²) in [4.78, 5) is 21.4. The number of aromatic nitrogens is 1. The highest BCUT2D eigenvalue weighted by Crippen LogP contribution is 2.29. The predicted octanol–water partition coefficient (Wildman–Crippen LogP) is 3.53. The molecule has 0 atom stereocenters. The van der Waals surface area contributed by atoms with Gasteiger partial charge in [0.25, 0.3) is 5.91 Å². The van der Waals surface area contributed by atoms with Gasteiger partial charge >= 0.3 is 0 Å². The molecule has 1 aromatic heterocycles. The molecule has 0 unspecified atom stereocenters. The van der Waals surface area contributed by atoms with Crippen LogP contribution in [-0.2, 0) is 4.74 Å². The minimum Gasteiger partial charge on any atom is -0.378 e. The van der Waals surface area contributed by atoms with E-state index in [4.69, 9.17) is 4.74 Å². The van der Waals surface area contributed by atoms with Crippen LogP contribution in [0.25, 0.3) is 0 Å². The minimum absolute atomic E-state index is 0.0250. The van der Waals surface area contributed by atoms with Crippen molar-refractivity contribution in [2.24, 2.45) is 5.92 Å². The zero-order valence-corrected chi connectivity index (χ0v) is 16.4. The Morgan fingerprint density at radius 3 is 2.64 bits per heavy atom. The van der Waals surface area contributed by atoms with Crippen LogP contribution in [0.1, 0.15) is 30.3 Å². The van der Waals surface area contributed by atoms with Crippen LogP contribution in [0.2, 0.25) is 0 Å². The van der Waals surface area contributed by atoms with Gasteiger partial charge in [-0.2, -0.15) is 0 Å². The number of carbonyl (C=O) groups excluding carboxylic acids is 1. The Morgan fingerprint density at radius 1 is 1.11 bits per heavy atom. The van der Waals surface area contributed by atoms with Crippen molar-refractivity contribution in [1.82, 2.24) is 9.88 Å². The van der Waals surface area contributed by atoms with Crippen LogP contribution in [0.4, 0.5) is 17.1 Å².